The normalized spacial score (nSPS) is 20.1. The van der Waals surface area contributed by atoms with E-state index in [1.165, 1.54) is 12.0 Å². The lowest BCUT2D eigenvalue weighted by Gasteiger charge is -2.20. The van der Waals surface area contributed by atoms with Crippen LogP contribution in [0.4, 0.5) is 0 Å². The van der Waals surface area contributed by atoms with E-state index in [9.17, 15) is 0 Å². The third-order valence-electron chi connectivity index (χ3n) is 4.08. The second-order valence-electron chi connectivity index (χ2n) is 5.82. The maximum Gasteiger partial charge on any atom is 0.152 e. The Bertz CT molecular complexity index is 572. The van der Waals surface area contributed by atoms with E-state index in [-0.39, 0.29) is 0 Å². The van der Waals surface area contributed by atoms with Gasteiger partial charge in [0.05, 0.1) is 6.20 Å². The minimum atomic E-state index is 0.663. The van der Waals surface area contributed by atoms with Crippen LogP contribution in [0.3, 0.4) is 0 Å². The largest absolute Gasteiger partial charge is 0.460 e. The Morgan fingerprint density at radius 2 is 2.30 bits per heavy atom. The highest BCUT2D eigenvalue weighted by molar-refractivity contribution is 5.56. The van der Waals surface area contributed by atoms with Gasteiger partial charge >= 0.3 is 0 Å². The molecule has 2 aromatic heterocycles. The Labute approximate surface area is 119 Å². The van der Waals surface area contributed by atoms with Gasteiger partial charge in [0, 0.05) is 31.2 Å². The molecule has 0 amide bonds. The van der Waals surface area contributed by atoms with E-state index in [2.05, 4.69) is 34.1 Å². The van der Waals surface area contributed by atoms with Crippen molar-refractivity contribution in [1.82, 2.24) is 20.0 Å². The van der Waals surface area contributed by atoms with Crippen LogP contribution in [0.2, 0.25) is 0 Å². The van der Waals surface area contributed by atoms with Gasteiger partial charge in [0.15, 0.2) is 5.76 Å². The van der Waals surface area contributed by atoms with Gasteiger partial charge in [-0.25, -0.2) is 0 Å². The summed E-state index contributed by atoms with van der Waals surface area (Å²) >= 11 is 0. The molecule has 20 heavy (non-hydrogen) atoms. The maximum atomic E-state index is 5.69. The summed E-state index contributed by atoms with van der Waals surface area (Å²) in [7, 11) is 4.31. The number of nitrogens with one attached hydrogen (secondary N) is 1. The van der Waals surface area contributed by atoms with Crippen molar-refractivity contribution < 1.29 is 4.42 Å². The van der Waals surface area contributed by atoms with Gasteiger partial charge in [-0.1, -0.05) is 0 Å². The van der Waals surface area contributed by atoms with Gasteiger partial charge in [0.25, 0.3) is 0 Å². The Morgan fingerprint density at radius 1 is 1.45 bits per heavy atom. The molecular formula is C15H22N4O. The number of aromatic amines is 1. The van der Waals surface area contributed by atoms with Gasteiger partial charge < -0.3 is 9.32 Å². The zero-order valence-electron chi connectivity index (χ0n) is 12.4. The van der Waals surface area contributed by atoms with Crippen molar-refractivity contribution in [2.45, 2.75) is 25.9 Å². The topological polar surface area (TPSA) is 48.3 Å². The van der Waals surface area contributed by atoms with Gasteiger partial charge in [-0.05, 0) is 39.6 Å². The average molecular weight is 274 g/mol. The molecule has 0 radical (unpaired) electrons. The zero-order chi connectivity index (χ0) is 14.1. The monoisotopic (exact) mass is 274 g/mol. The highest BCUT2D eigenvalue weighted by atomic mass is 16.3. The van der Waals surface area contributed by atoms with E-state index >= 15 is 0 Å². The molecule has 108 valence electrons. The number of nitrogens with zero attached hydrogens (tertiary/aromatic N) is 3. The molecule has 5 heteroatoms. The van der Waals surface area contributed by atoms with E-state index in [0.717, 1.165) is 36.8 Å². The smallest absolute Gasteiger partial charge is 0.152 e. The number of hydrogen-bond donors (Lipinski definition) is 1. The second kappa shape index (κ2) is 5.42. The van der Waals surface area contributed by atoms with Crippen LogP contribution in [0.1, 0.15) is 17.7 Å². The van der Waals surface area contributed by atoms with Crippen LogP contribution in [-0.2, 0) is 6.54 Å². The molecule has 0 aromatic carbocycles. The highest BCUT2D eigenvalue weighted by Crippen LogP contribution is 2.25. The van der Waals surface area contributed by atoms with E-state index in [4.69, 9.17) is 4.42 Å². The van der Waals surface area contributed by atoms with Crippen LogP contribution in [0.5, 0.6) is 0 Å². The minimum absolute atomic E-state index is 0.663. The molecule has 0 bridgehead atoms. The Kier molecular flexibility index (Phi) is 3.63. The van der Waals surface area contributed by atoms with Crippen molar-refractivity contribution in [3.8, 4) is 11.5 Å². The summed E-state index contributed by atoms with van der Waals surface area (Å²) < 4.78 is 5.69. The molecule has 1 N–H and O–H groups in total. The minimum Gasteiger partial charge on any atom is -0.460 e. The Hall–Kier alpha value is -1.59. The molecule has 1 aliphatic heterocycles. The quantitative estimate of drug-likeness (QED) is 0.927. The first-order valence-electron chi connectivity index (χ1n) is 7.11. The molecule has 2 aromatic rings. The summed E-state index contributed by atoms with van der Waals surface area (Å²) in [4.78, 5) is 4.79. The number of likely N-dealkylation sites (N-methyl/N-ethyl adjacent to an activating group) is 1. The summed E-state index contributed by atoms with van der Waals surface area (Å²) in [6.07, 6.45) is 3.15. The van der Waals surface area contributed by atoms with Crippen LogP contribution in [0, 0.1) is 6.92 Å². The fourth-order valence-corrected chi connectivity index (χ4v) is 2.83. The molecule has 0 saturated carbocycles. The number of hydrogen-bond acceptors (Lipinski definition) is 4. The van der Waals surface area contributed by atoms with Crippen molar-refractivity contribution in [2.75, 3.05) is 27.2 Å². The van der Waals surface area contributed by atoms with Crippen molar-refractivity contribution in [3.63, 3.8) is 0 Å². The SMILES string of the molecule is Cc1ccc(-c2[nH]ncc2CN2CCC(N(C)C)C2)o1. The molecule has 1 unspecified atom stereocenters. The highest BCUT2D eigenvalue weighted by Gasteiger charge is 2.25. The molecule has 3 heterocycles. The van der Waals surface area contributed by atoms with Crippen LogP contribution in [-0.4, -0.2) is 53.2 Å². The summed E-state index contributed by atoms with van der Waals surface area (Å²) in [6.45, 7) is 5.15. The summed E-state index contributed by atoms with van der Waals surface area (Å²) in [5, 5.41) is 7.24. The molecular weight excluding hydrogens is 252 g/mol. The first-order chi connectivity index (χ1) is 9.63. The maximum absolute atomic E-state index is 5.69. The summed E-state index contributed by atoms with van der Waals surface area (Å²) in [5.41, 5.74) is 2.21. The van der Waals surface area contributed by atoms with Gasteiger partial charge in [0.2, 0.25) is 0 Å². The van der Waals surface area contributed by atoms with Gasteiger partial charge in [-0.2, -0.15) is 5.10 Å². The van der Waals surface area contributed by atoms with Gasteiger partial charge in [-0.3, -0.25) is 10.00 Å². The molecule has 0 aliphatic carbocycles. The lowest BCUT2D eigenvalue weighted by atomic mass is 10.2. The van der Waals surface area contributed by atoms with Crippen LogP contribution >= 0.6 is 0 Å². The third kappa shape index (κ3) is 2.64. The van der Waals surface area contributed by atoms with E-state index in [1.54, 1.807) is 0 Å². The van der Waals surface area contributed by atoms with E-state index in [0.29, 0.717) is 6.04 Å². The van der Waals surface area contributed by atoms with Crippen molar-refractivity contribution in [2.24, 2.45) is 0 Å². The summed E-state index contributed by atoms with van der Waals surface area (Å²) in [6, 6.07) is 4.65. The average Bonchev–Trinajstić information content (AvgIpc) is 3.09. The van der Waals surface area contributed by atoms with Crippen molar-refractivity contribution in [3.05, 3.63) is 29.7 Å². The fraction of sp³-hybridized carbons (Fsp3) is 0.533. The summed E-state index contributed by atoms with van der Waals surface area (Å²) in [5.74, 6) is 1.80. The number of furan rings is 1. The van der Waals surface area contributed by atoms with Crippen LogP contribution in [0.15, 0.2) is 22.7 Å². The number of aromatic nitrogens is 2. The van der Waals surface area contributed by atoms with Crippen LogP contribution < -0.4 is 0 Å². The number of aryl methyl sites for hydroxylation is 1. The van der Waals surface area contributed by atoms with E-state index < -0.39 is 0 Å². The van der Waals surface area contributed by atoms with Gasteiger partial charge in [-0.15, -0.1) is 0 Å². The molecule has 1 fully saturated rings. The van der Waals surface area contributed by atoms with Crippen LogP contribution in [0.25, 0.3) is 11.5 Å². The van der Waals surface area contributed by atoms with E-state index in [1.807, 2.05) is 25.3 Å². The molecule has 1 atom stereocenters. The molecule has 3 rings (SSSR count). The zero-order valence-corrected chi connectivity index (χ0v) is 12.4. The third-order valence-corrected chi connectivity index (χ3v) is 4.08. The fourth-order valence-electron chi connectivity index (χ4n) is 2.83. The lowest BCUT2D eigenvalue weighted by molar-refractivity contribution is 0.265. The molecule has 5 nitrogen and oxygen atoms in total. The number of likely N-dealkylation sites (tertiary alicyclic amines) is 1. The Morgan fingerprint density at radius 3 is 2.95 bits per heavy atom. The Balaban J connectivity index is 1.72. The molecule has 1 saturated heterocycles. The first-order valence-corrected chi connectivity index (χ1v) is 7.11. The first kappa shape index (κ1) is 13.4. The van der Waals surface area contributed by atoms with Crippen molar-refractivity contribution in [1.29, 1.82) is 0 Å². The van der Waals surface area contributed by atoms with Crippen molar-refractivity contribution >= 4 is 0 Å². The second-order valence-corrected chi connectivity index (χ2v) is 5.82. The number of H-pyrrole nitrogens is 1. The standard InChI is InChI=1S/C15H22N4O/c1-11-4-5-14(20-11)15-12(8-16-17-15)9-19-7-6-13(10-19)18(2)3/h4-5,8,13H,6-7,9-10H2,1-3H3,(H,16,17). The molecule has 0 spiro atoms. The number of rotatable bonds is 4. The van der Waals surface area contributed by atoms with Gasteiger partial charge in [0.1, 0.15) is 11.5 Å². The molecule has 1 aliphatic rings. The predicted octanol–water partition coefficient (Wildman–Crippen LogP) is 2.11. The lowest BCUT2D eigenvalue weighted by Crippen LogP contribution is -2.31. The predicted molar refractivity (Wildman–Crippen MR) is 78.4 cm³/mol.